The quantitative estimate of drug-likeness (QED) is 0.473. The van der Waals surface area contributed by atoms with Crippen molar-refractivity contribution in [3.05, 3.63) is 6.92 Å². The first kappa shape index (κ1) is 16.4. The monoisotopic (exact) mass is 269 g/mol. The number of piperazine rings is 1. The van der Waals surface area contributed by atoms with Crippen LogP contribution in [0.25, 0.3) is 0 Å². The second kappa shape index (κ2) is 10.2. The number of hydrogen-bond acceptors (Lipinski definition) is 4. The largest absolute Gasteiger partial charge is 0.465 e. The van der Waals surface area contributed by atoms with Crippen LogP contribution in [0.4, 0.5) is 0 Å². The molecule has 1 saturated heterocycles. The smallest absolute Gasteiger partial charge is 0.320 e. The summed E-state index contributed by atoms with van der Waals surface area (Å²) in [7, 11) is 2.12. The minimum atomic E-state index is -0.0673. The summed E-state index contributed by atoms with van der Waals surface area (Å²) in [6.07, 6.45) is 6.86. The highest BCUT2D eigenvalue weighted by Crippen LogP contribution is 2.05. The molecule has 0 aliphatic carbocycles. The normalized spacial score (nSPS) is 17.6. The minimum Gasteiger partial charge on any atom is -0.465 e. The second-order valence-electron chi connectivity index (χ2n) is 5.42. The molecule has 1 aliphatic rings. The number of esters is 1. The highest BCUT2D eigenvalue weighted by molar-refractivity contribution is 5.71. The van der Waals surface area contributed by atoms with Crippen molar-refractivity contribution >= 4 is 5.97 Å². The van der Waals surface area contributed by atoms with E-state index in [1.54, 1.807) is 0 Å². The van der Waals surface area contributed by atoms with Gasteiger partial charge in [0, 0.05) is 26.2 Å². The number of carbonyl (C=O) groups excluding carboxylic acids is 1. The molecule has 0 unspecified atom stereocenters. The summed E-state index contributed by atoms with van der Waals surface area (Å²) >= 11 is 0. The first-order chi connectivity index (χ1) is 9.22. The zero-order chi connectivity index (χ0) is 13.9. The van der Waals surface area contributed by atoms with Crippen LogP contribution < -0.4 is 0 Å². The standard InChI is InChI=1S/C15H29N2O2/c1-3-4-5-6-7-8-13-19-15(18)14-17-11-9-16(2)10-12-17/h1,3-14H2,2H3. The Balaban J connectivity index is 1.93. The molecule has 0 N–H and O–H groups in total. The molecular weight excluding hydrogens is 240 g/mol. The molecule has 0 aromatic carbocycles. The van der Waals surface area contributed by atoms with Gasteiger partial charge in [0.1, 0.15) is 0 Å². The third-order valence-corrected chi connectivity index (χ3v) is 3.61. The van der Waals surface area contributed by atoms with E-state index in [4.69, 9.17) is 4.74 Å². The Labute approximate surface area is 118 Å². The zero-order valence-corrected chi connectivity index (χ0v) is 12.4. The Morgan fingerprint density at radius 3 is 2.37 bits per heavy atom. The molecule has 0 saturated carbocycles. The van der Waals surface area contributed by atoms with Crippen molar-refractivity contribution in [2.75, 3.05) is 46.4 Å². The van der Waals surface area contributed by atoms with Crippen molar-refractivity contribution in [2.45, 2.75) is 38.5 Å². The maximum atomic E-state index is 11.6. The number of unbranched alkanes of at least 4 members (excludes halogenated alkanes) is 5. The maximum absolute atomic E-state index is 11.6. The molecule has 0 amide bonds. The minimum absolute atomic E-state index is 0.0673. The van der Waals surface area contributed by atoms with Gasteiger partial charge in [-0.25, -0.2) is 0 Å². The van der Waals surface area contributed by atoms with Gasteiger partial charge in [-0.1, -0.05) is 39.0 Å². The lowest BCUT2D eigenvalue weighted by Gasteiger charge is -2.31. The van der Waals surface area contributed by atoms with E-state index in [9.17, 15) is 4.79 Å². The van der Waals surface area contributed by atoms with Crippen molar-refractivity contribution < 1.29 is 9.53 Å². The summed E-state index contributed by atoms with van der Waals surface area (Å²) in [5.41, 5.74) is 0. The van der Waals surface area contributed by atoms with Crippen LogP contribution in [-0.2, 0) is 9.53 Å². The van der Waals surface area contributed by atoms with E-state index in [-0.39, 0.29) is 5.97 Å². The van der Waals surface area contributed by atoms with E-state index < -0.39 is 0 Å². The zero-order valence-electron chi connectivity index (χ0n) is 12.4. The van der Waals surface area contributed by atoms with E-state index in [2.05, 4.69) is 23.8 Å². The molecule has 111 valence electrons. The fourth-order valence-corrected chi connectivity index (χ4v) is 2.23. The average Bonchev–Trinajstić information content (AvgIpc) is 2.40. The number of carbonyl (C=O) groups is 1. The van der Waals surface area contributed by atoms with Gasteiger partial charge in [0.2, 0.25) is 0 Å². The number of nitrogens with zero attached hydrogens (tertiary/aromatic N) is 2. The first-order valence-electron chi connectivity index (χ1n) is 7.58. The molecule has 1 fully saturated rings. The Kier molecular flexibility index (Phi) is 8.84. The Bertz CT molecular complexity index is 238. The number of likely N-dealkylation sites (N-methyl/N-ethyl adjacent to an activating group) is 1. The fourth-order valence-electron chi connectivity index (χ4n) is 2.23. The Hall–Kier alpha value is -0.610. The molecule has 0 aromatic heterocycles. The lowest BCUT2D eigenvalue weighted by atomic mass is 10.1. The van der Waals surface area contributed by atoms with Crippen LogP contribution >= 0.6 is 0 Å². The molecule has 4 heteroatoms. The maximum Gasteiger partial charge on any atom is 0.320 e. The first-order valence-corrected chi connectivity index (χ1v) is 7.58. The lowest BCUT2D eigenvalue weighted by Crippen LogP contribution is -2.46. The van der Waals surface area contributed by atoms with E-state index in [1.807, 2.05) is 0 Å². The molecule has 1 heterocycles. The molecule has 4 nitrogen and oxygen atoms in total. The van der Waals surface area contributed by atoms with Crippen molar-refractivity contribution in [1.82, 2.24) is 9.80 Å². The van der Waals surface area contributed by atoms with Gasteiger partial charge in [-0.2, -0.15) is 0 Å². The molecular formula is C15H29N2O2. The van der Waals surface area contributed by atoms with Crippen LogP contribution in [0.2, 0.25) is 0 Å². The summed E-state index contributed by atoms with van der Waals surface area (Å²) in [4.78, 5) is 16.1. The van der Waals surface area contributed by atoms with Crippen LogP contribution in [-0.4, -0.2) is 62.1 Å². The van der Waals surface area contributed by atoms with E-state index in [0.29, 0.717) is 13.2 Å². The molecule has 1 rings (SSSR count). The van der Waals surface area contributed by atoms with Gasteiger partial charge in [0.15, 0.2) is 0 Å². The molecule has 0 aromatic rings. The van der Waals surface area contributed by atoms with Gasteiger partial charge in [-0.15, -0.1) is 0 Å². The van der Waals surface area contributed by atoms with Gasteiger partial charge in [-0.05, 0) is 13.5 Å². The predicted octanol–water partition coefficient (Wildman–Crippen LogP) is 1.95. The fraction of sp³-hybridized carbons (Fsp3) is 0.867. The van der Waals surface area contributed by atoms with E-state index in [1.165, 1.54) is 19.3 Å². The van der Waals surface area contributed by atoms with Crippen LogP contribution in [0.3, 0.4) is 0 Å². The summed E-state index contributed by atoms with van der Waals surface area (Å²) in [5.74, 6) is -0.0673. The number of rotatable bonds is 9. The van der Waals surface area contributed by atoms with Gasteiger partial charge in [0.25, 0.3) is 0 Å². The highest BCUT2D eigenvalue weighted by Gasteiger charge is 2.16. The highest BCUT2D eigenvalue weighted by atomic mass is 16.5. The number of ether oxygens (including phenoxy) is 1. The topological polar surface area (TPSA) is 32.8 Å². The summed E-state index contributed by atoms with van der Waals surface area (Å²) in [6, 6.07) is 0. The van der Waals surface area contributed by atoms with E-state index >= 15 is 0 Å². The van der Waals surface area contributed by atoms with Gasteiger partial charge >= 0.3 is 5.97 Å². The molecule has 19 heavy (non-hydrogen) atoms. The van der Waals surface area contributed by atoms with Crippen LogP contribution in [0, 0.1) is 6.92 Å². The predicted molar refractivity (Wildman–Crippen MR) is 78.0 cm³/mol. The van der Waals surface area contributed by atoms with Crippen molar-refractivity contribution in [3.63, 3.8) is 0 Å². The SMILES string of the molecule is [CH2]CCCCCCCOC(=O)CN1CCN(C)CC1. The van der Waals surface area contributed by atoms with Crippen LogP contribution in [0.5, 0.6) is 0 Å². The third-order valence-electron chi connectivity index (χ3n) is 3.61. The lowest BCUT2D eigenvalue weighted by molar-refractivity contribution is -0.145. The molecule has 0 atom stereocenters. The van der Waals surface area contributed by atoms with Crippen molar-refractivity contribution in [2.24, 2.45) is 0 Å². The average molecular weight is 269 g/mol. The van der Waals surface area contributed by atoms with Gasteiger partial charge < -0.3 is 9.64 Å². The second-order valence-corrected chi connectivity index (χ2v) is 5.42. The van der Waals surface area contributed by atoms with E-state index in [0.717, 1.165) is 45.4 Å². The van der Waals surface area contributed by atoms with Crippen molar-refractivity contribution in [3.8, 4) is 0 Å². The van der Waals surface area contributed by atoms with Gasteiger partial charge in [-0.3, -0.25) is 9.69 Å². The van der Waals surface area contributed by atoms with Crippen LogP contribution in [0.1, 0.15) is 38.5 Å². The molecule has 0 bridgehead atoms. The Morgan fingerprint density at radius 1 is 1.05 bits per heavy atom. The summed E-state index contributed by atoms with van der Waals surface area (Å²) < 4.78 is 5.27. The summed E-state index contributed by atoms with van der Waals surface area (Å²) in [6.45, 7) is 8.88. The Morgan fingerprint density at radius 2 is 1.68 bits per heavy atom. The van der Waals surface area contributed by atoms with Crippen LogP contribution in [0.15, 0.2) is 0 Å². The summed E-state index contributed by atoms with van der Waals surface area (Å²) in [5, 5.41) is 0. The molecule has 1 aliphatic heterocycles. The molecule has 1 radical (unpaired) electrons. The molecule has 0 spiro atoms. The van der Waals surface area contributed by atoms with Gasteiger partial charge in [0.05, 0.1) is 13.2 Å². The number of hydrogen-bond donors (Lipinski definition) is 0. The third kappa shape index (κ3) is 8.22. The van der Waals surface area contributed by atoms with Crippen molar-refractivity contribution in [1.29, 1.82) is 0 Å².